The first-order chi connectivity index (χ1) is 20.1. The number of amides is 3. The topological polar surface area (TPSA) is 87.3 Å². The van der Waals surface area contributed by atoms with Crippen molar-refractivity contribution < 1.29 is 14.4 Å². The van der Waals surface area contributed by atoms with E-state index < -0.39 is 17.1 Å². The van der Waals surface area contributed by atoms with Crippen molar-refractivity contribution in [2.45, 2.75) is 17.1 Å². The molecule has 0 fully saturated rings. The largest absolute Gasteiger partial charge is 0.325 e. The van der Waals surface area contributed by atoms with Crippen molar-refractivity contribution in [1.29, 1.82) is 0 Å². The first-order valence-electron chi connectivity index (χ1n) is 12.5. The highest BCUT2D eigenvalue weighted by molar-refractivity contribution is 8.00. The third kappa shape index (κ3) is 9.02. The number of anilines is 2. The Labute approximate surface area is 267 Å². The molecule has 0 spiro atoms. The predicted molar refractivity (Wildman–Crippen MR) is 174 cm³/mol. The molecular formula is C31H23Cl4N3O3S. The van der Waals surface area contributed by atoms with Gasteiger partial charge in [-0.3, -0.25) is 14.4 Å². The van der Waals surface area contributed by atoms with Gasteiger partial charge in [0.25, 0.3) is 11.8 Å². The molecule has 1 atom stereocenters. The zero-order valence-electron chi connectivity index (χ0n) is 22.0. The fraction of sp³-hybridized carbons (Fsp3) is 0.0645. The SMILES string of the molecule is CC(Sc1ccc(NC(=O)/C(=C/c2ccc(Cl)cc2Cl)NC(=O)c2ccccc2)cc1)C(=O)Nc1cc(Cl)cc(Cl)c1. The summed E-state index contributed by atoms with van der Waals surface area (Å²) in [6, 6.07) is 25.1. The molecule has 6 nitrogen and oxygen atoms in total. The number of nitrogens with one attached hydrogen (secondary N) is 3. The van der Waals surface area contributed by atoms with Crippen LogP contribution in [0, 0.1) is 0 Å². The fourth-order valence-corrected chi connectivity index (χ4v) is 5.52. The highest BCUT2D eigenvalue weighted by Gasteiger charge is 2.18. The smallest absolute Gasteiger partial charge is 0.272 e. The van der Waals surface area contributed by atoms with E-state index in [4.69, 9.17) is 46.4 Å². The van der Waals surface area contributed by atoms with Crippen molar-refractivity contribution in [2.24, 2.45) is 0 Å². The van der Waals surface area contributed by atoms with Crippen molar-refractivity contribution in [1.82, 2.24) is 5.32 Å². The number of benzene rings is 4. The van der Waals surface area contributed by atoms with Crippen LogP contribution in [0.4, 0.5) is 11.4 Å². The van der Waals surface area contributed by atoms with Crippen molar-refractivity contribution in [3.05, 3.63) is 128 Å². The molecule has 4 aromatic carbocycles. The fourth-order valence-electron chi connectivity index (χ4n) is 3.66. The van der Waals surface area contributed by atoms with Gasteiger partial charge in [0.2, 0.25) is 5.91 Å². The van der Waals surface area contributed by atoms with Crippen LogP contribution in [0.25, 0.3) is 6.08 Å². The van der Waals surface area contributed by atoms with E-state index in [1.54, 1.807) is 97.9 Å². The van der Waals surface area contributed by atoms with E-state index in [1.165, 1.54) is 17.8 Å². The maximum absolute atomic E-state index is 13.3. The Bertz CT molecular complexity index is 1630. The van der Waals surface area contributed by atoms with Crippen molar-refractivity contribution in [3.8, 4) is 0 Å². The quantitative estimate of drug-likeness (QED) is 0.124. The summed E-state index contributed by atoms with van der Waals surface area (Å²) in [6.45, 7) is 1.77. The van der Waals surface area contributed by atoms with Crippen LogP contribution >= 0.6 is 58.2 Å². The molecule has 0 saturated carbocycles. The Kier molecular flexibility index (Phi) is 11.0. The Morgan fingerprint density at radius 3 is 2.05 bits per heavy atom. The second-order valence-electron chi connectivity index (χ2n) is 8.93. The molecule has 0 bridgehead atoms. The summed E-state index contributed by atoms with van der Waals surface area (Å²) in [4.78, 5) is 39.6. The summed E-state index contributed by atoms with van der Waals surface area (Å²) >= 11 is 25.7. The van der Waals surface area contributed by atoms with Gasteiger partial charge < -0.3 is 16.0 Å². The van der Waals surface area contributed by atoms with Crippen LogP contribution in [0.3, 0.4) is 0 Å². The van der Waals surface area contributed by atoms with E-state index in [9.17, 15) is 14.4 Å². The molecule has 0 heterocycles. The second-order valence-corrected chi connectivity index (χ2v) is 12.1. The molecule has 214 valence electrons. The minimum atomic E-state index is -0.557. The summed E-state index contributed by atoms with van der Waals surface area (Å²) in [5.41, 5.74) is 1.86. The van der Waals surface area contributed by atoms with Gasteiger partial charge in [0, 0.05) is 41.9 Å². The molecule has 0 aliphatic rings. The van der Waals surface area contributed by atoms with Gasteiger partial charge >= 0.3 is 0 Å². The van der Waals surface area contributed by atoms with Crippen molar-refractivity contribution in [3.63, 3.8) is 0 Å². The lowest BCUT2D eigenvalue weighted by Gasteiger charge is -2.14. The monoisotopic (exact) mass is 657 g/mol. The lowest BCUT2D eigenvalue weighted by Crippen LogP contribution is -2.30. The standard InChI is InChI=1S/C31H23Cl4N3O3S/c1-18(29(39)37-25-15-22(33)14-23(34)16-25)42-26-11-9-24(10-12-26)36-31(41)28(13-20-7-8-21(32)17-27(20)35)38-30(40)19-5-3-2-4-6-19/h2-18H,1H3,(H,36,41)(H,37,39)(H,38,40)/b28-13-. The highest BCUT2D eigenvalue weighted by Crippen LogP contribution is 2.28. The lowest BCUT2D eigenvalue weighted by atomic mass is 10.1. The number of carbonyl (C=O) groups excluding carboxylic acids is 3. The predicted octanol–water partition coefficient (Wildman–Crippen LogP) is 8.83. The Hall–Kier alpha value is -3.46. The minimum absolute atomic E-state index is 0.0158. The van der Waals surface area contributed by atoms with Crippen LogP contribution in [-0.4, -0.2) is 23.0 Å². The molecule has 0 aromatic heterocycles. The molecule has 0 saturated heterocycles. The molecule has 0 aliphatic heterocycles. The van der Waals surface area contributed by atoms with Crippen LogP contribution in [0.2, 0.25) is 20.1 Å². The Balaban J connectivity index is 1.45. The van der Waals surface area contributed by atoms with Crippen LogP contribution in [-0.2, 0) is 9.59 Å². The van der Waals surface area contributed by atoms with Crippen molar-refractivity contribution >= 4 is 93.3 Å². The Morgan fingerprint density at radius 2 is 1.40 bits per heavy atom. The summed E-state index contributed by atoms with van der Waals surface area (Å²) < 4.78 is 0. The van der Waals surface area contributed by atoms with Gasteiger partial charge in [-0.2, -0.15) is 0 Å². The molecule has 1 unspecified atom stereocenters. The van der Waals surface area contributed by atoms with E-state index >= 15 is 0 Å². The molecule has 0 aliphatic carbocycles. The molecule has 4 aromatic rings. The zero-order chi connectivity index (χ0) is 30.2. The molecule has 42 heavy (non-hydrogen) atoms. The number of rotatable bonds is 9. The maximum atomic E-state index is 13.3. The van der Waals surface area contributed by atoms with Gasteiger partial charge in [-0.15, -0.1) is 11.8 Å². The van der Waals surface area contributed by atoms with E-state index in [0.29, 0.717) is 42.6 Å². The summed E-state index contributed by atoms with van der Waals surface area (Å²) in [5.74, 6) is -1.24. The molecule has 3 amide bonds. The summed E-state index contributed by atoms with van der Waals surface area (Å²) in [7, 11) is 0. The number of thioether (sulfide) groups is 1. The molecule has 4 rings (SSSR count). The van der Waals surface area contributed by atoms with Gasteiger partial charge in [-0.25, -0.2) is 0 Å². The minimum Gasteiger partial charge on any atom is -0.325 e. The van der Waals surface area contributed by atoms with Gasteiger partial charge in [-0.1, -0.05) is 70.7 Å². The van der Waals surface area contributed by atoms with Gasteiger partial charge in [0.1, 0.15) is 5.70 Å². The summed E-state index contributed by atoms with van der Waals surface area (Å²) in [6.07, 6.45) is 1.48. The van der Waals surface area contributed by atoms with Crippen molar-refractivity contribution in [2.75, 3.05) is 10.6 Å². The van der Waals surface area contributed by atoms with Crippen LogP contribution in [0.5, 0.6) is 0 Å². The maximum Gasteiger partial charge on any atom is 0.272 e. The van der Waals surface area contributed by atoms with Crippen LogP contribution in [0.1, 0.15) is 22.8 Å². The second kappa shape index (κ2) is 14.6. The van der Waals surface area contributed by atoms with Gasteiger partial charge in [0.15, 0.2) is 0 Å². The number of carbonyl (C=O) groups is 3. The molecule has 3 N–H and O–H groups in total. The average Bonchev–Trinajstić information content (AvgIpc) is 2.94. The van der Waals surface area contributed by atoms with E-state index in [0.717, 1.165) is 4.90 Å². The van der Waals surface area contributed by atoms with E-state index in [1.807, 2.05) is 0 Å². The van der Waals surface area contributed by atoms with E-state index in [2.05, 4.69) is 16.0 Å². The van der Waals surface area contributed by atoms with Gasteiger partial charge in [-0.05, 0) is 85.3 Å². The normalized spacial score (nSPS) is 11.9. The Morgan fingerprint density at radius 1 is 0.738 bits per heavy atom. The molecule has 0 radical (unpaired) electrons. The summed E-state index contributed by atoms with van der Waals surface area (Å²) in [5, 5.41) is 9.44. The third-order valence-electron chi connectivity index (χ3n) is 5.72. The molecule has 11 heteroatoms. The molecular weight excluding hydrogens is 636 g/mol. The number of halogens is 4. The first kappa shape index (κ1) is 31.5. The third-order valence-corrected chi connectivity index (χ3v) is 7.83. The van der Waals surface area contributed by atoms with Crippen LogP contribution < -0.4 is 16.0 Å². The van der Waals surface area contributed by atoms with Crippen LogP contribution in [0.15, 0.2) is 102 Å². The first-order valence-corrected chi connectivity index (χ1v) is 14.8. The van der Waals surface area contributed by atoms with Gasteiger partial charge in [0.05, 0.1) is 5.25 Å². The average molecular weight is 659 g/mol. The number of hydrogen-bond acceptors (Lipinski definition) is 4. The highest BCUT2D eigenvalue weighted by atomic mass is 35.5. The lowest BCUT2D eigenvalue weighted by molar-refractivity contribution is -0.115. The zero-order valence-corrected chi connectivity index (χ0v) is 25.8. The number of hydrogen-bond donors (Lipinski definition) is 3. The van der Waals surface area contributed by atoms with E-state index in [-0.39, 0.29) is 11.6 Å².